The van der Waals surface area contributed by atoms with E-state index in [9.17, 15) is 4.79 Å². The zero-order valence-corrected chi connectivity index (χ0v) is 17.9. The number of thioether (sulfide) groups is 1. The van der Waals surface area contributed by atoms with E-state index in [2.05, 4.69) is 0 Å². The lowest BCUT2D eigenvalue weighted by molar-refractivity contribution is 0.344. The maximum Gasteiger partial charge on any atom is 0.262 e. The fourth-order valence-electron chi connectivity index (χ4n) is 3.27. The highest BCUT2D eigenvalue weighted by Gasteiger charge is 2.21. The predicted octanol–water partition coefficient (Wildman–Crippen LogP) is 5.35. The molecule has 0 saturated carbocycles. The number of aromatic nitrogens is 2. The van der Waals surface area contributed by atoms with Gasteiger partial charge in [0.25, 0.3) is 5.56 Å². The number of fused-ring (bicyclic) bond motifs is 3. The van der Waals surface area contributed by atoms with Gasteiger partial charge in [0, 0.05) is 22.7 Å². The van der Waals surface area contributed by atoms with Crippen molar-refractivity contribution in [1.82, 2.24) is 9.55 Å². The van der Waals surface area contributed by atoms with Crippen molar-refractivity contribution < 1.29 is 4.74 Å². The molecule has 1 aliphatic carbocycles. The molecule has 0 N–H and O–H groups in total. The molecule has 4 nitrogen and oxygen atoms in total. The summed E-state index contributed by atoms with van der Waals surface area (Å²) in [6.45, 7) is 0.459. The zero-order valence-electron chi connectivity index (χ0n) is 14.8. The average molecular weight is 441 g/mol. The van der Waals surface area contributed by atoms with Crippen LogP contribution in [0.15, 0.2) is 28.2 Å². The van der Waals surface area contributed by atoms with Crippen LogP contribution in [0.2, 0.25) is 10.0 Å². The lowest BCUT2D eigenvalue weighted by atomic mass is 9.97. The van der Waals surface area contributed by atoms with Crippen molar-refractivity contribution in [3.63, 3.8) is 0 Å². The van der Waals surface area contributed by atoms with Crippen LogP contribution < -0.4 is 10.3 Å². The number of hydrogen-bond donors (Lipinski definition) is 0. The summed E-state index contributed by atoms with van der Waals surface area (Å²) in [5.41, 5.74) is 1.29. The highest BCUT2D eigenvalue weighted by molar-refractivity contribution is 7.99. The number of ether oxygens (including phenoxy) is 1. The monoisotopic (exact) mass is 440 g/mol. The molecule has 4 rings (SSSR count). The Balaban J connectivity index is 1.49. The van der Waals surface area contributed by atoms with Crippen LogP contribution in [-0.4, -0.2) is 21.9 Å². The van der Waals surface area contributed by atoms with E-state index in [1.54, 1.807) is 41.2 Å². The summed E-state index contributed by atoms with van der Waals surface area (Å²) in [5, 5.41) is 2.61. The number of aryl methyl sites for hydroxylation is 2. The Hall–Kier alpha value is -1.21. The first kappa shape index (κ1) is 19.1. The summed E-state index contributed by atoms with van der Waals surface area (Å²) in [6, 6.07) is 5.16. The molecule has 0 spiro atoms. The summed E-state index contributed by atoms with van der Waals surface area (Å²) in [6.07, 6.45) is 4.42. The molecule has 27 heavy (non-hydrogen) atoms. The largest absolute Gasteiger partial charge is 0.491 e. The van der Waals surface area contributed by atoms with E-state index in [4.69, 9.17) is 32.9 Å². The van der Waals surface area contributed by atoms with Gasteiger partial charge in [-0.15, -0.1) is 11.3 Å². The Morgan fingerprint density at radius 3 is 2.93 bits per heavy atom. The molecule has 142 valence electrons. The maximum absolute atomic E-state index is 12.9. The molecular formula is C19H18Cl2N2O2S2. The third-order valence-corrected chi connectivity index (χ3v) is 7.33. The second-order valence-corrected chi connectivity index (χ2v) is 9.41. The van der Waals surface area contributed by atoms with Crippen molar-refractivity contribution in [2.75, 3.05) is 12.4 Å². The highest BCUT2D eigenvalue weighted by atomic mass is 35.5. The van der Waals surface area contributed by atoms with Gasteiger partial charge in [0.1, 0.15) is 10.6 Å². The Morgan fingerprint density at radius 2 is 2.11 bits per heavy atom. The number of benzene rings is 1. The molecule has 0 radical (unpaired) electrons. The van der Waals surface area contributed by atoms with E-state index in [1.807, 2.05) is 0 Å². The van der Waals surface area contributed by atoms with Gasteiger partial charge in [0.2, 0.25) is 0 Å². The minimum Gasteiger partial charge on any atom is -0.491 e. The Kier molecular flexibility index (Phi) is 5.69. The van der Waals surface area contributed by atoms with Crippen molar-refractivity contribution in [2.45, 2.75) is 30.8 Å². The van der Waals surface area contributed by atoms with Gasteiger partial charge in [-0.3, -0.25) is 9.36 Å². The van der Waals surface area contributed by atoms with Gasteiger partial charge in [0.15, 0.2) is 5.16 Å². The van der Waals surface area contributed by atoms with Gasteiger partial charge in [-0.05, 0) is 49.4 Å². The van der Waals surface area contributed by atoms with Crippen LogP contribution in [0.25, 0.3) is 10.2 Å². The lowest BCUT2D eigenvalue weighted by Crippen LogP contribution is -2.21. The number of thiophene rings is 1. The molecule has 1 aromatic carbocycles. The van der Waals surface area contributed by atoms with Gasteiger partial charge in [-0.25, -0.2) is 4.98 Å². The highest BCUT2D eigenvalue weighted by Crippen LogP contribution is 2.34. The second kappa shape index (κ2) is 8.03. The molecular weight excluding hydrogens is 423 g/mol. The molecule has 0 fully saturated rings. The molecule has 1 aliphatic rings. The van der Waals surface area contributed by atoms with E-state index >= 15 is 0 Å². The fraction of sp³-hybridized carbons (Fsp3) is 0.368. The zero-order chi connectivity index (χ0) is 19.0. The molecule has 0 amide bonds. The van der Waals surface area contributed by atoms with Crippen molar-refractivity contribution in [1.29, 1.82) is 0 Å². The van der Waals surface area contributed by atoms with Crippen molar-refractivity contribution in [3.05, 3.63) is 49.0 Å². The maximum atomic E-state index is 12.9. The minimum atomic E-state index is 0.0589. The standard InChI is InChI=1S/C19H18Cl2N2O2S2/c1-23-18(24)16-12-4-2-3-5-15(12)27-17(16)22-19(23)26-9-8-25-14-7-6-11(20)10-13(14)21/h6-7,10H,2-5,8-9H2,1H3. The van der Waals surface area contributed by atoms with Gasteiger partial charge in [-0.1, -0.05) is 35.0 Å². The molecule has 2 aromatic heterocycles. The van der Waals surface area contributed by atoms with Crippen LogP contribution in [0.5, 0.6) is 5.75 Å². The first-order valence-corrected chi connectivity index (χ1v) is 11.3. The quantitative estimate of drug-likeness (QED) is 0.304. The molecule has 0 saturated heterocycles. The molecule has 0 aliphatic heterocycles. The minimum absolute atomic E-state index is 0.0589. The predicted molar refractivity (Wildman–Crippen MR) is 114 cm³/mol. The van der Waals surface area contributed by atoms with Crippen molar-refractivity contribution in [2.24, 2.45) is 7.05 Å². The molecule has 8 heteroatoms. The number of halogens is 2. The van der Waals surface area contributed by atoms with E-state index < -0.39 is 0 Å². The van der Waals surface area contributed by atoms with Crippen LogP contribution in [-0.2, 0) is 19.9 Å². The molecule has 0 atom stereocenters. The number of rotatable bonds is 5. The lowest BCUT2D eigenvalue weighted by Gasteiger charge is -2.11. The summed E-state index contributed by atoms with van der Waals surface area (Å²) >= 11 is 15.2. The third-order valence-electron chi connectivity index (χ3n) is 4.62. The summed E-state index contributed by atoms with van der Waals surface area (Å²) in [5.74, 6) is 1.26. The van der Waals surface area contributed by atoms with Crippen LogP contribution in [0.3, 0.4) is 0 Å². The van der Waals surface area contributed by atoms with Crippen LogP contribution in [0, 0.1) is 0 Å². The van der Waals surface area contributed by atoms with E-state index in [-0.39, 0.29) is 5.56 Å². The topological polar surface area (TPSA) is 44.1 Å². The third kappa shape index (κ3) is 3.86. The Bertz CT molecular complexity index is 1060. The van der Waals surface area contributed by atoms with E-state index in [1.165, 1.54) is 28.6 Å². The summed E-state index contributed by atoms with van der Waals surface area (Å²) in [7, 11) is 1.79. The van der Waals surface area contributed by atoms with Gasteiger partial charge in [-0.2, -0.15) is 0 Å². The fourth-order valence-corrected chi connectivity index (χ4v) is 5.83. The molecule has 2 heterocycles. The Labute approximate surface area is 175 Å². The van der Waals surface area contributed by atoms with Gasteiger partial charge >= 0.3 is 0 Å². The normalized spacial score (nSPS) is 13.7. The van der Waals surface area contributed by atoms with Crippen molar-refractivity contribution >= 4 is 56.5 Å². The van der Waals surface area contributed by atoms with Crippen LogP contribution in [0.1, 0.15) is 23.3 Å². The number of nitrogens with zero attached hydrogens (tertiary/aromatic N) is 2. The molecule has 0 bridgehead atoms. The number of hydrogen-bond acceptors (Lipinski definition) is 5. The van der Waals surface area contributed by atoms with Crippen LogP contribution >= 0.6 is 46.3 Å². The van der Waals surface area contributed by atoms with Crippen LogP contribution in [0.4, 0.5) is 0 Å². The van der Waals surface area contributed by atoms with Gasteiger partial charge < -0.3 is 4.74 Å². The Morgan fingerprint density at radius 1 is 1.30 bits per heavy atom. The molecule has 0 unspecified atom stereocenters. The van der Waals surface area contributed by atoms with Crippen molar-refractivity contribution in [3.8, 4) is 5.75 Å². The SMILES string of the molecule is Cn1c(SCCOc2ccc(Cl)cc2Cl)nc2sc3c(c2c1=O)CCCC3. The first-order valence-electron chi connectivity index (χ1n) is 8.76. The molecule has 3 aromatic rings. The summed E-state index contributed by atoms with van der Waals surface area (Å²) in [4.78, 5) is 19.8. The first-order chi connectivity index (χ1) is 13.0. The van der Waals surface area contributed by atoms with E-state index in [0.29, 0.717) is 28.2 Å². The van der Waals surface area contributed by atoms with E-state index in [0.717, 1.165) is 34.6 Å². The van der Waals surface area contributed by atoms with Gasteiger partial charge in [0.05, 0.1) is 17.0 Å². The second-order valence-electron chi connectivity index (χ2n) is 6.42. The summed E-state index contributed by atoms with van der Waals surface area (Å²) < 4.78 is 7.37. The average Bonchev–Trinajstić information content (AvgIpc) is 3.02. The smallest absolute Gasteiger partial charge is 0.262 e.